The molecule has 0 aromatic carbocycles. The van der Waals surface area contributed by atoms with E-state index in [4.69, 9.17) is 0 Å². The van der Waals surface area contributed by atoms with Gasteiger partial charge in [0.1, 0.15) is 5.65 Å². The Hall–Kier alpha value is -1.68. The van der Waals surface area contributed by atoms with Gasteiger partial charge in [0.15, 0.2) is 5.78 Å². The number of rotatable bonds is 2. The number of piperidine rings is 1. The molecule has 2 aliphatic rings. The van der Waals surface area contributed by atoms with E-state index in [1.165, 1.54) is 12.8 Å². The van der Waals surface area contributed by atoms with Crippen LogP contribution in [0.25, 0.3) is 5.65 Å². The fraction of sp³-hybridized carbons (Fsp3) is 0.467. The highest BCUT2D eigenvalue weighted by Gasteiger charge is 2.36. The average molecular weight is 255 g/mol. The highest BCUT2D eigenvalue weighted by Crippen LogP contribution is 2.32. The van der Waals surface area contributed by atoms with Gasteiger partial charge in [-0.05, 0) is 37.8 Å². The number of imidazole rings is 1. The lowest BCUT2D eigenvalue weighted by atomic mass is 9.86. The molecular weight excluding hydrogens is 238 g/mol. The quantitative estimate of drug-likeness (QED) is 0.835. The van der Waals surface area contributed by atoms with Crippen LogP contribution >= 0.6 is 0 Å². The highest BCUT2D eigenvalue weighted by atomic mass is 16.1. The number of carbonyl (C=O) groups excluding carboxylic acids is 1. The van der Waals surface area contributed by atoms with Crippen molar-refractivity contribution in [2.45, 2.75) is 37.8 Å². The van der Waals surface area contributed by atoms with Gasteiger partial charge in [0.25, 0.3) is 0 Å². The van der Waals surface area contributed by atoms with Crippen molar-refractivity contribution in [1.82, 2.24) is 14.7 Å². The van der Waals surface area contributed by atoms with Crippen LogP contribution in [-0.4, -0.2) is 27.3 Å². The molecule has 2 atom stereocenters. The molecule has 2 unspecified atom stereocenters. The Morgan fingerprint density at radius 3 is 2.84 bits per heavy atom. The lowest BCUT2D eigenvalue weighted by molar-refractivity contribution is 0.0875. The van der Waals surface area contributed by atoms with Gasteiger partial charge in [-0.25, -0.2) is 4.98 Å². The van der Waals surface area contributed by atoms with Crippen LogP contribution in [0.5, 0.6) is 0 Å². The predicted molar refractivity (Wildman–Crippen MR) is 72.2 cm³/mol. The summed E-state index contributed by atoms with van der Waals surface area (Å²) in [6, 6.07) is 4.94. The molecule has 0 saturated carbocycles. The minimum absolute atomic E-state index is 0.191. The van der Waals surface area contributed by atoms with E-state index < -0.39 is 0 Å². The summed E-state index contributed by atoms with van der Waals surface area (Å²) in [5.74, 6) is 0.486. The van der Waals surface area contributed by atoms with Crippen molar-refractivity contribution in [3.63, 3.8) is 0 Å². The standard InChI is InChI=1S/C15H17N3O/c19-15(11-7-12-1-2-13(8-11)17-12)10-3-5-18-6-4-16-14(18)9-10/h3-6,9,11-13,17H,1-2,7-8H2. The van der Waals surface area contributed by atoms with Crippen molar-refractivity contribution in [3.8, 4) is 0 Å². The molecule has 1 N–H and O–H groups in total. The van der Waals surface area contributed by atoms with Crippen molar-refractivity contribution in [1.29, 1.82) is 0 Å². The summed E-state index contributed by atoms with van der Waals surface area (Å²) in [6.45, 7) is 0. The molecule has 2 aromatic rings. The fourth-order valence-corrected chi connectivity index (χ4v) is 3.57. The zero-order chi connectivity index (χ0) is 12.8. The van der Waals surface area contributed by atoms with E-state index in [2.05, 4.69) is 10.3 Å². The van der Waals surface area contributed by atoms with Gasteiger partial charge < -0.3 is 9.72 Å². The highest BCUT2D eigenvalue weighted by molar-refractivity contribution is 5.98. The SMILES string of the molecule is O=C(c1ccn2ccnc2c1)C1CC2CCC(C1)N2. The van der Waals surface area contributed by atoms with E-state index in [1.54, 1.807) is 6.20 Å². The van der Waals surface area contributed by atoms with Crippen LogP contribution in [0, 0.1) is 5.92 Å². The summed E-state index contributed by atoms with van der Waals surface area (Å²) in [5, 5.41) is 3.58. The Kier molecular flexibility index (Phi) is 2.45. The van der Waals surface area contributed by atoms with E-state index in [0.717, 1.165) is 24.1 Å². The first-order valence-electron chi connectivity index (χ1n) is 7.02. The molecule has 2 aliphatic heterocycles. The van der Waals surface area contributed by atoms with Crippen LogP contribution in [0.4, 0.5) is 0 Å². The summed E-state index contributed by atoms with van der Waals surface area (Å²) in [6.07, 6.45) is 10.0. The Morgan fingerprint density at radius 1 is 1.26 bits per heavy atom. The first-order valence-corrected chi connectivity index (χ1v) is 7.02. The topological polar surface area (TPSA) is 46.4 Å². The second-order valence-electron chi connectivity index (χ2n) is 5.78. The van der Waals surface area contributed by atoms with Crippen LogP contribution in [0.15, 0.2) is 30.7 Å². The van der Waals surface area contributed by atoms with E-state index in [0.29, 0.717) is 17.9 Å². The minimum atomic E-state index is 0.191. The average Bonchev–Trinajstić information content (AvgIpc) is 3.03. The van der Waals surface area contributed by atoms with E-state index in [-0.39, 0.29) is 5.92 Å². The van der Waals surface area contributed by atoms with Gasteiger partial charge in [0.05, 0.1) is 0 Å². The zero-order valence-corrected chi connectivity index (χ0v) is 10.7. The Bertz CT molecular complexity index is 621. The van der Waals surface area contributed by atoms with Crippen LogP contribution in [0.2, 0.25) is 0 Å². The molecule has 2 fully saturated rings. The van der Waals surface area contributed by atoms with Crippen molar-refractivity contribution in [2.24, 2.45) is 5.92 Å². The molecule has 0 spiro atoms. The number of nitrogens with one attached hydrogen (secondary N) is 1. The molecule has 2 aromatic heterocycles. The molecule has 98 valence electrons. The lowest BCUT2D eigenvalue weighted by Crippen LogP contribution is -2.40. The van der Waals surface area contributed by atoms with Gasteiger partial charge in [0.2, 0.25) is 0 Å². The number of Topliss-reactive ketones (excluding diaryl/α,β-unsaturated/α-hetero) is 1. The summed E-state index contributed by atoms with van der Waals surface area (Å²) >= 11 is 0. The smallest absolute Gasteiger partial charge is 0.166 e. The normalized spacial score (nSPS) is 29.8. The molecule has 0 amide bonds. The van der Waals surface area contributed by atoms with E-state index in [1.807, 2.05) is 28.9 Å². The van der Waals surface area contributed by atoms with Gasteiger partial charge in [-0.15, -0.1) is 0 Å². The molecule has 4 rings (SSSR count). The third-order valence-corrected chi connectivity index (χ3v) is 4.53. The van der Waals surface area contributed by atoms with Crippen molar-refractivity contribution >= 4 is 11.4 Å². The lowest BCUT2D eigenvalue weighted by Gasteiger charge is -2.28. The third kappa shape index (κ3) is 1.87. The van der Waals surface area contributed by atoms with Crippen LogP contribution in [0.1, 0.15) is 36.0 Å². The second kappa shape index (κ2) is 4.17. The number of hydrogen-bond donors (Lipinski definition) is 1. The van der Waals surface area contributed by atoms with Crippen LogP contribution in [-0.2, 0) is 0 Å². The second-order valence-corrected chi connectivity index (χ2v) is 5.78. The molecular formula is C15H17N3O. The van der Waals surface area contributed by atoms with Crippen LogP contribution in [0.3, 0.4) is 0 Å². The number of fused-ring (bicyclic) bond motifs is 3. The molecule has 4 heteroatoms. The molecule has 19 heavy (non-hydrogen) atoms. The molecule has 0 aliphatic carbocycles. The third-order valence-electron chi connectivity index (χ3n) is 4.53. The largest absolute Gasteiger partial charge is 0.311 e. The summed E-state index contributed by atoms with van der Waals surface area (Å²) in [4.78, 5) is 16.9. The molecule has 2 saturated heterocycles. The fourth-order valence-electron chi connectivity index (χ4n) is 3.57. The summed E-state index contributed by atoms with van der Waals surface area (Å²) in [5.41, 5.74) is 1.66. The maximum Gasteiger partial charge on any atom is 0.166 e. The number of hydrogen-bond acceptors (Lipinski definition) is 3. The maximum atomic E-state index is 12.6. The van der Waals surface area contributed by atoms with E-state index >= 15 is 0 Å². The minimum Gasteiger partial charge on any atom is -0.311 e. The molecule has 4 nitrogen and oxygen atoms in total. The molecule has 4 heterocycles. The van der Waals surface area contributed by atoms with Crippen molar-refractivity contribution in [2.75, 3.05) is 0 Å². The van der Waals surface area contributed by atoms with Gasteiger partial charge in [-0.3, -0.25) is 4.79 Å². The molecule has 2 bridgehead atoms. The van der Waals surface area contributed by atoms with Gasteiger partial charge in [-0.2, -0.15) is 0 Å². The Balaban J connectivity index is 1.62. The maximum absolute atomic E-state index is 12.6. The van der Waals surface area contributed by atoms with Gasteiger partial charge in [0, 0.05) is 42.2 Å². The Labute approximate surface area is 111 Å². The van der Waals surface area contributed by atoms with Gasteiger partial charge in [-0.1, -0.05) is 0 Å². The molecule has 0 radical (unpaired) electrons. The number of nitrogens with zero attached hydrogens (tertiary/aromatic N) is 2. The summed E-state index contributed by atoms with van der Waals surface area (Å²) < 4.78 is 1.93. The Morgan fingerprint density at radius 2 is 2.05 bits per heavy atom. The van der Waals surface area contributed by atoms with Crippen molar-refractivity contribution in [3.05, 3.63) is 36.3 Å². The van der Waals surface area contributed by atoms with Gasteiger partial charge >= 0.3 is 0 Å². The number of ketones is 1. The predicted octanol–water partition coefficient (Wildman–Crippen LogP) is 2.05. The monoisotopic (exact) mass is 255 g/mol. The first kappa shape index (κ1) is 11.2. The van der Waals surface area contributed by atoms with Crippen molar-refractivity contribution < 1.29 is 4.79 Å². The van der Waals surface area contributed by atoms with Crippen LogP contribution < -0.4 is 5.32 Å². The first-order chi connectivity index (χ1) is 9.29. The zero-order valence-electron chi connectivity index (χ0n) is 10.7. The number of pyridine rings is 1. The number of aromatic nitrogens is 2. The summed E-state index contributed by atoms with van der Waals surface area (Å²) in [7, 11) is 0. The van der Waals surface area contributed by atoms with E-state index in [9.17, 15) is 4.79 Å². The number of carbonyl (C=O) groups is 1.